The van der Waals surface area contributed by atoms with Gasteiger partial charge in [0.05, 0.1) is 0 Å². The first kappa shape index (κ1) is 16.9. The summed E-state index contributed by atoms with van der Waals surface area (Å²) < 4.78 is 2.13. The van der Waals surface area contributed by atoms with Crippen molar-refractivity contribution in [2.75, 3.05) is 7.05 Å². The minimum Gasteiger partial charge on any atom is -0.351 e. The molecule has 1 aliphatic rings. The molecule has 0 spiro atoms. The first-order valence-corrected chi connectivity index (χ1v) is 9.48. The van der Waals surface area contributed by atoms with Crippen molar-refractivity contribution >= 4 is 16.8 Å². The molecule has 0 unspecified atom stereocenters. The van der Waals surface area contributed by atoms with Crippen LogP contribution in [0.4, 0.5) is 0 Å². The summed E-state index contributed by atoms with van der Waals surface area (Å²) in [6.07, 6.45) is 6.83. The highest BCUT2D eigenvalue weighted by molar-refractivity contribution is 5.96. The van der Waals surface area contributed by atoms with E-state index in [2.05, 4.69) is 54.2 Å². The van der Waals surface area contributed by atoms with Crippen LogP contribution in [-0.4, -0.2) is 28.5 Å². The van der Waals surface area contributed by atoms with Gasteiger partial charge < -0.3 is 9.47 Å². The minimum absolute atomic E-state index is 0.152. The highest BCUT2D eigenvalue weighted by Crippen LogP contribution is 2.28. The summed E-state index contributed by atoms with van der Waals surface area (Å²) in [7, 11) is 4.02. The third-order valence-electron chi connectivity index (χ3n) is 5.87. The van der Waals surface area contributed by atoms with Gasteiger partial charge in [-0.2, -0.15) is 0 Å². The van der Waals surface area contributed by atoms with E-state index in [0.29, 0.717) is 6.04 Å². The number of hydrogen-bond acceptors (Lipinski definition) is 1. The van der Waals surface area contributed by atoms with Gasteiger partial charge in [0.15, 0.2) is 0 Å². The van der Waals surface area contributed by atoms with Crippen molar-refractivity contribution in [3.63, 3.8) is 0 Å². The third-order valence-corrected chi connectivity index (χ3v) is 5.87. The molecule has 1 amide bonds. The zero-order valence-corrected chi connectivity index (χ0v) is 15.8. The zero-order valence-electron chi connectivity index (χ0n) is 15.8. The normalized spacial score (nSPS) is 14.9. The second-order valence-electron chi connectivity index (χ2n) is 7.58. The smallest absolute Gasteiger partial charge is 0.254 e. The molecule has 0 saturated heterocycles. The molecule has 26 heavy (non-hydrogen) atoms. The van der Waals surface area contributed by atoms with Gasteiger partial charge in [0.25, 0.3) is 5.91 Å². The van der Waals surface area contributed by atoms with Crippen molar-refractivity contribution in [1.29, 1.82) is 0 Å². The van der Waals surface area contributed by atoms with Crippen molar-refractivity contribution in [2.24, 2.45) is 7.05 Å². The molecule has 0 aliphatic heterocycles. The van der Waals surface area contributed by atoms with Gasteiger partial charge >= 0.3 is 0 Å². The largest absolute Gasteiger partial charge is 0.351 e. The summed E-state index contributed by atoms with van der Waals surface area (Å²) in [5.74, 6) is 0.152. The summed E-state index contributed by atoms with van der Waals surface area (Å²) in [6.45, 7) is 2.04. The van der Waals surface area contributed by atoms with E-state index in [9.17, 15) is 4.79 Å². The fraction of sp³-hybridized carbons (Fsp3) is 0.348. The van der Waals surface area contributed by atoms with E-state index < -0.39 is 0 Å². The Morgan fingerprint density at radius 3 is 2.46 bits per heavy atom. The van der Waals surface area contributed by atoms with Crippen molar-refractivity contribution in [3.8, 4) is 11.1 Å². The molecule has 0 atom stereocenters. The van der Waals surface area contributed by atoms with Crippen LogP contribution in [0.15, 0.2) is 48.7 Å². The predicted molar refractivity (Wildman–Crippen MR) is 107 cm³/mol. The van der Waals surface area contributed by atoms with Crippen LogP contribution in [0.2, 0.25) is 0 Å². The summed E-state index contributed by atoms with van der Waals surface area (Å²) in [5.41, 5.74) is 5.45. The molecule has 0 radical (unpaired) electrons. The second kappa shape index (κ2) is 6.64. The Kier molecular flexibility index (Phi) is 4.31. The van der Waals surface area contributed by atoms with Gasteiger partial charge in [-0.15, -0.1) is 0 Å². The zero-order chi connectivity index (χ0) is 18.3. The Morgan fingerprint density at radius 2 is 1.73 bits per heavy atom. The monoisotopic (exact) mass is 346 g/mol. The number of aryl methyl sites for hydroxylation is 2. The van der Waals surface area contributed by atoms with Crippen LogP contribution in [0.5, 0.6) is 0 Å². The Hall–Kier alpha value is -2.55. The van der Waals surface area contributed by atoms with E-state index in [0.717, 1.165) is 29.5 Å². The number of carbonyl (C=O) groups is 1. The van der Waals surface area contributed by atoms with Gasteiger partial charge in [-0.25, -0.2) is 0 Å². The molecule has 1 fully saturated rings. The number of hydrogen-bond donors (Lipinski definition) is 0. The first-order chi connectivity index (χ1) is 12.5. The SMILES string of the molecule is Cc1cc(-c2ccc3c(ccn3C)c2)ccc1C(=O)N(C)C1CCCC1. The molecule has 3 aromatic rings. The summed E-state index contributed by atoms with van der Waals surface area (Å²) in [6, 6.07) is 15.3. The highest BCUT2D eigenvalue weighted by Gasteiger charge is 2.25. The average molecular weight is 346 g/mol. The number of benzene rings is 2. The van der Waals surface area contributed by atoms with Crippen LogP contribution in [0.1, 0.15) is 41.6 Å². The molecule has 1 aromatic heterocycles. The molecule has 1 heterocycles. The average Bonchev–Trinajstić information content (AvgIpc) is 3.30. The van der Waals surface area contributed by atoms with Crippen molar-refractivity contribution in [3.05, 3.63) is 59.8 Å². The Bertz CT molecular complexity index is 963. The number of fused-ring (bicyclic) bond motifs is 1. The van der Waals surface area contributed by atoms with Crippen LogP contribution in [0.25, 0.3) is 22.0 Å². The topological polar surface area (TPSA) is 25.2 Å². The minimum atomic E-state index is 0.152. The van der Waals surface area contributed by atoms with Gasteiger partial charge in [0, 0.05) is 42.8 Å². The van der Waals surface area contributed by atoms with Gasteiger partial charge in [-0.05, 0) is 60.7 Å². The van der Waals surface area contributed by atoms with E-state index in [1.54, 1.807) is 0 Å². The van der Waals surface area contributed by atoms with Gasteiger partial charge in [0.1, 0.15) is 0 Å². The summed E-state index contributed by atoms with van der Waals surface area (Å²) in [5, 5.41) is 1.24. The van der Waals surface area contributed by atoms with Crippen molar-refractivity contribution < 1.29 is 4.79 Å². The standard InChI is InChI=1S/C23H26N2O/c1-16-14-17(18-9-11-22-19(15-18)12-13-24(22)2)8-10-21(16)23(26)25(3)20-6-4-5-7-20/h8-15,20H,4-7H2,1-3H3. The quantitative estimate of drug-likeness (QED) is 0.642. The van der Waals surface area contributed by atoms with E-state index in [1.807, 2.05) is 24.9 Å². The molecule has 0 bridgehead atoms. The predicted octanol–water partition coefficient (Wildman–Crippen LogP) is 5.17. The Balaban J connectivity index is 1.63. The Labute approximate surface area is 155 Å². The van der Waals surface area contributed by atoms with E-state index in [4.69, 9.17) is 0 Å². The van der Waals surface area contributed by atoms with Gasteiger partial charge in [-0.3, -0.25) is 4.79 Å². The first-order valence-electron chi connectivity index (χ1n) is 9.48. The fourth-order valence-electron chi connectivity index (χ4n) is 4.19. The summed E-state index contributed by atoms with van der Waals surface area (Å²) >= 11 is 0. The van der Waals surface area contributed by atoms with Crippen LogP contribution >= 0.6 is 0 Å². The maximum atomic E-state index is 12.9. The third kappa shape index (κ3) is 2.92. The Morgan fingerprint density at radius 1 is 1.04 bits per heavy atom. The molecule has 0 N–H and O–H groups in total. The molecule has 1 aliphatic carbocycles. The lowest BCUT2D eigenvalue weighted by atomic mass is 9.98. The fourth-order valence-corrected chi connectivity index (χ4v) is 4.19. The highest BCUT2D eigenvalue weighted by atomic mass is 16.2. The van der Waals surface area contributed by atoms with E-state index >= 15 is 0 Å². The molecule has 1 saturated carbocycles. The van der Waals surface area contributed by atoms with Crippen molar-refractivity contribution in [1.82, 2.24) is 9.47 Å². The molecule has 134 valence electrons. The van der Waals surface area contributed by atoms with Crippen LogP contribution < -0.4 is 0 Å². The number of rotatable bonds is 3. The molecule has 4 rings (SSSR count). The maximum absolute atomic E-state index is 12.9. The van der Waals surface area contributed by atoms with E-state index in [1.165, 1.54) is 29.3 Å². The lowest BCUT2D eigenvalue weighted by Gasteiger charge is -2.25. The van der Waals surface area contributed by atoms with E-state index in [-0.39, 0.29) is 5.91 Å². The van der Waals surface area contributed by atoms with Crippen LogP contribution in [0, 0.1) is 6.92 Å². The molecule has 3 heteroatoms. The van der Waals surface area contributed by atoms with Crippen molar-refractivity contribution in [2.45, 2.75) is 38.6 Å². The van der Waals surface area contributed by atoms with Crippen LogP contribution in [-0.2, 0) is 7.05 Å². The van der Waals surface area contributed by atoms with Crippen LogP contribution in [0.3, 0.4) is 0 Å². The molecule has 2 aromatic carbocycles. The van der Waals surface area contributed by atoms with Gasteiger partial charge in [-0.1, -0.05) is 31.0 Å². The maximum Gasteiger partial charge on any atom is 0.254 e. The number of nitrogens with zero attached hydrogens (tertiary/aromatic N) is 2. The molecular weight excluding hydrogens is 320 g/mol. The lowest BCUT2D eigenvalue weighted by molar-refractivity contribution is 0.0734. The molecule has 3 nitrogen and oxygen atoms in total. The summed E-state index contributed by atoms with van der Waals surface area (Å²) in [4.78, 5) is 14.9. The second-order valence-corrected chi connectivity index (χ2v) is 7.58. The molecular formula is C23H26N2O. The number of carbonyl (C=O) groups excluding carboxylic acids is 1. The number of amides is 1. The lowest BCUT2D eigenvalue weighted by Crippen LogP contribution is -2.35. The number of aromatic nitrogens is 1. The van der Waals surface area contributed by atoms with Gasteiger partial charge in [0.2, 0.25) is 0 Å².